The van der Waals surface area contributed by atoms with Gasteiger partial charge in [-0.1, -0.05) is 5.16 Å². The van der Waals surface area contributed by atoms with Gasteiger partial charge in [-0.05, 0) is 69.3 Å². The van der Waals surface area contributed by atoms with Gasteiger partial charge in [0.25, 0.3) is 5.91 Å². The molecule has 3 N–H and O–H groups in total. The Kier molecular flexibility index (Phi) is 7.97. The average Bonchev–Trinajstić information content (AvgIpc) is 3.23. The predicted molar refractivity (Wildman–Crippen MR) is 124 cm³/mol. The summed E-state index contributed by atoms with van der Waals surface area (Å²) in [4.78, 5) is 12.3. The molecule has 0 saturated heterocycles. The third-order valence-electron chi connectivity index (χ3n) is 4.79. The van der Waals surface area contributed by atoms with Crippen LogP contribution >= 0.6 is 11.8 Å². The molecule has 12 heteroatoms. The minimum absolute atomic E-state index is 0.109. The molecular weight excluding hydrogens is 485 g/mol. The lowest BCUT2D eigenvalue weighted by atomic mass is 10.0. The van der Waals surface area contributed by atoms with Gasteiger partial charge in [0.1, 0.15) is 29.1 Å². The lowest BCUT2D eigenvalue weighted by molar-refractivity contribution is -0.131. The third kappa shape index (κ3) is 6.56. The fraction of sp³-hybridized carbons (Fsp3) is 0.273. The zero-order valence-corrected chi connectivity index (χ0v) is 20.2. The second kappa shape index (κ2) is 10.6. The molecular formula is C22H24FN3O6S2. The minimum Gasteiger partial charge on any atom is -0.457 e. The monoisotopic (exact) mass is 509 g/mol. The van der Waals surface area contributed by atoms with Crippen molar-refractivity contribution in [1.29, 1.82) is 0 Å². The maximum Gasteiger partial charge on any atom is 0.262 e. The van der Waals surface area contributed by atoms with E-state index in [4.69, 9.17) is 9.26 Å². The van der Waals surface area contributed by atoms with E-state index in [1.807, 2.05) is 0 Å². The first-order valence-corrected chi connectivity index (χ1v) is 12.5. The fourth-order valence-electron chi connectivity index (χ4n) is 2.95. The topological polar surface area (TPSA) is 131 Å². The van der Waals surface area contributed by atoms with Crippen LogP contribution in [0.3, 0.4) is 0 Å². The maximum atomic E-state index is 13.0. The maximum absolute atomic E-state index is 13.0. The molecule has 1 heterocycles. The molecule has 1 aromatic heterocycles. The normalized spacial score (nSPS) is 12.9. The molecule has 0 radical (unpaired) electrons. The van der Waals surface area contributed by atoms with E-state index in [1.54, 1.807) is 26.8 Å². The second-order valence-electron chi connectivity index (χ2n) is 7.88. The summed E-state index contributed by atoms with van der Waals surface area (Å²) in [5, 5.41) is 13.1. The van der Waals surface area contributed by atoms with Crippen LogP contribution in [-0.2, 0) is 20.6 Å². The van der Waals surface area contributed by atoms with Crippen LogP contribution in [0.2, 0.25) is 0 Å². The summed E-state index contributed by atoms with van der Waals surface area (Å²) < 4.78 is 51.0. The Morgan fingerprint density at radius 1 is 1.18 bits per heavy atom. The number of aromatic nitrogens is 1. The standard InChI is InChI=1S/C22H24FN3O6S2/c1-14-12-16(25-32-14)13-33-22(2,3)20(21(27)24-28)26-34(29,30)19-10-8-18(9-11-19)31-17-6-4-15(23)5-7-17/h4-12,20,26,28H,13H2,1-3H3,(H,24,27)/t20-/m0/s1. The number of carbonyl (C=O) groups is 1. The van der Waals surface area contributed by atoms with E-state index in [0.717, 1.165) is 0 Å². The Morgan fingerprint density at radius 2 is 1.76 bits per heavy atom. The number of hydrogen-bond donors (Lipinski definition) is 3. The molecule has 9 nitrogen and oxygen atoms in total. The first-order chi connectivity index (χ1) is 16.0. The number of rotatable bonds is 10. The van der Waals surface area contributed by atoms with Gasteiger partial charge in [0.05, 0.1) is 10.6 Å². The highest BCUT2D eigenvalue weighted by Gasteiger charge is 2.39. The third-order valence-corrected chi connectivity index (χ3v) is 7.65. The van der Waals surface area contributed by atoms with Crippen molar-refractivity contribution in [2.24, 2.45) is 0 Å². The van der Waals surface area contributed by atoms with Crippen LogP contribution in [0.25, 0.3) is 0 Å². The summed E-state index contributed by atoms with van der Waals surface area (Å²) in [5.41, 5.74) is 2.17. The molecule has 0 saturated carbocycles. The van der Waals surface area contributed by atoms with Crippen LogP contribution in [-0.4, -0.2) is 35.5 Å². The van der Waals surface area contributed by atoms with Crippen molar-refractivity contribution in [1.82, 2.24) is 15.4 Å². The second-order valence-corrected chi connectivity index (χ2v) is 11.2. The van der Waals surface area contributed by atoms with Crippen LogP contribution in [0.5, 0.6) is 11.5 Å². The van der Waals surface area contributed by atoms with Crippen molar-refractivity contribution in [2.75, 3.05) is 0 Å². The fourth-order valence-corrected chi connectivity index (χ4v) is 5.36. The number of carbonyl (C=O) groups excluding carboxylic acids is 1. The molecule has 0 fully saturated rings. The quantitative estimate of drug-likeness (QED) is 0.278. The van der Waals surface area contributed by atoms with Gasteiger partial charge in [-0.25, -0.2) is 18.3 Å². The van der Waals surface area contributed by atoms with Gasteiger partial charge in [-0.15, -0.1) is 11.8 Å². The molecule has 0 aliphatic carbocycles. The summed E-state index contributed by atoms with van der Waals surface area (Å²) in [5.74, 6) is 0.402. The molecule has 34 heavy (non-hydrogen) atoms. The zero-order valence-electron chi connectivity index (χ0n) is 18.6. The number of thioether (sulfide) groups is 1. The Morgan fingerprint density at radius 3 is 2.29 bits per heavy atom. The number of nitrogens with zero attached hydrogens (tertiary/aromatic N) is 1. The van der Waals surface area contributed by atoms with Crippen LogP contribution in [0.1, 0.15) is 25.3 Å². The van der Waals surface area contributed by atoms with E-state index in [0.29, 0.717) is 28.7 Å². The molecule has 0 bridgehead atoms. The molecule has 3 rings (SSSR count). The molecule has 1 amide bonds. The summed E-state index contributed by atoms with van der Waals surface area (Å²) in [6, 6.07) is 11.3. The molecule has 182 valence electrons. The number of ether oxygens (including phenoxy) is 1. The van der Waals surface area contributed by atoms with Crippen LogP contribution in [0.4, 0.5) is 4.39 Å². The Balaban J connectivity index is 1.74. The molecule has 0 unspecified atom stereocenters. The van der Waals surface area contributed by atoms with Crippen molar-refractivity contribution < 1.29 is 32.1 Å². The number of aryl methyl sites for hydroxylation is 1. The number of nitrogens with one attached hydrogen (secondary N) is 2. The summed E-state index contributed by atoms with van der Waals surface area (Å²) in [6.07, 6.45) is 0. The number of sulfonamides is 1. The van der Waals surface area contributed by atoms with Gasteiger partial charge in [0.15, 0.2) is 0 Å². The summed E-state index contributed by atoms with van der Waals surface area (Å²) in [6.45, 7) is 5.09. The van der Waals surface area contributed by atoms with Crippen molar-refractivity contribution >= 4 is 27.7 Å². The lowest BCUT2D eigenvalue weighted by Crippen LogP contribution is -2.55. The number of hydroxylamine groups is 1. The number of benzene rings is 2. The number of amides is 1. The van der Waals surface area contributed by atoms with Crippen molar-refractivity contribution in [3.63, 3.8) is 0 Å². The molecule has 3 aromatic rings. The lowest BCUT2D eigenvalue weighted by Gasteiger charge is -2.32. The Labute approximate surface area is 200 Å². The smallest absolute Gasteiger partial charge is 0.262 e. The molecule has 0 aliphatic rings. The van der Waals surface area contributed by atoms with Crippen LogP contribution in [0.15, 0.2) is 64.0 Å². The van der Waals surface area contributed by atoms with Crippen molar-refractivity contribution in [2.45, 2.75) is 42.2 Å². The highest BCUT2D eigenvalue weighted by Crippen LogP contribution is 2.32. The van der Waals surface area contributed by atoms with E-state index in [2.05, 4.69) is 9.88 Å². The van der Waals surface area contributed by atoms with E-state index in [1.165, 1.54) is 65.8 Å². The Bertz CT molecular complexity index is 1230. The van der Waals surface area contributed by atoms with E-state index in [-0.39, 0.29) is 4.90 Å². The van der Waals surface area contributed by atoms with Crippen LogP contribution < -0.4 is 14.9 Å². The van der Waals surface area contributed by atoms with Gasteiger partial charge < -0.3 is 9.26 Å². The predicted octanol–water partition coefficient (Wildman–Crippen LogP) is 3.78. The highest BCUT2D eigenvalue weighted by molar-refractivity contribution is 8.00. The molecule has 0 aliphatic heterocycles. The van der Waals surface area contributed by atoms with E-state index in [9.17, 15) is 22.8 Å². The minimum atomic E-state index is -4.15. The van der Waals surface area contributed by atoms with Crippen molar-refractivity contribution in [3.05, 3.63) is 71.9 Å². The SMILES string of the molecule is Cc1cc(CSC(C)(C)[C@@H](NS(=O)(=O)c2ccc(Oc3ccc(F)cc3)cc2)C(=O)NO)no1. The van der Waals surface area contributed by atoms with Gasteiger partial charge >= 0.3 is 0 Å². The number of halogens is 1. The van der Waals surface area contributed by atoms with Gasteiger partial charge in [0.2, 0.25) is 10.0 Å². The first-order valence-electron chi connectivity index (χ1n) is 10.1. The van der Waals surface area contributed by atoms with E-state index < -0.39 is 32.5 Å². The largest absolute Gasteiger partial charge is 0.457 e. The first kappa shape index (κ1) is 25.7. The summed E-state index contributed by atoms with van der Waals surface area (Å²) >= 11 is 1.27. The zero-order chi connectivity index (χ0) is 24.9. The average molecular weight is 510 g/mol. The van der Waals surface area contributed by atoms with Crippen molar-refractivity contribution in [3.8, 4) is 11.5 Å². The summed E-state index contributed by atoms with van der Waals surface area (Å²) in [7, 11) is -4.15. The highest BCUT2D eigenvalue weighted by atomic mass is 32.2. The van der Waals surface area contributed by atoms with Gasteiger partial charge in [0, 0.05) is 16.6 Å². The van der Waals surface area contributed by atoms with E-state index >= 15 is 0 Å². The molecule has 2 aromatic carbocycles. The molecule has 1 atom stereocenters. The van der Waals surface area contributed by atoms with Crippen LogP contribution in [0, 0.1) is 12.7 Å². The number of hydrogen-bond acceptors (Lipinski definition) is 8. The molecule has 0 spiro atoms. The van der Waals surface area contributed by atoms with Gasteiger partial charge in [-0.2, -0.15) is 4.72 Å². The Hall–Kier alpha value is -2.93. The van der Waals surface area contributed by atoms with Gasteiger partial charge in [-0.3, -0.25) is 10.0 Å².